The lowest BCUT2D eigenvalue weighted by Crippen LogP contribution is -2.21. The topological polar surface area (TPSA) is 42.2 Å². The Bertz CT molecular complexity index is 616. The Labute approximate surface area is 129 Å². The summed E-state index contributed by atoms with van der Waals surface area (Å²) in [6.07, 6.45) is 4.54. The summed E-state index contributed by atoms with van der Waals surface area (Å²) in [7, 11) is 2.03. The van der Waals surface area contributed by atoms with E-state index in [4.69, 9.17) is 18.0 Å². The quantitative estimate of drug-likeness (QED) is 0.833. The first kappa shape index (κ1) is 15.5. The molecule has 0 saturated heterocycles. The predicted molar refractivity (Wildman–Crippen MR) is 86.6 cm³/mol. The number of likely N-dealkylation sites (N-methyl/N-ethyl adjacent to an activating group) is 1. The SMILES string of the molecule is CN(CCc1ccncc1)Cc1ccc(F)c(C(N)=S)c1. The molecule has 0 saturated carbocycles. The van der Waals surface area contributed by atoms with Gasteiger partial charge in [0.15, 0.2) is 0 Å². The van der Waals surface area contributed by atoms with Crippen molar-refractivity contribution in [2.24, 2.45) is 5.73 Å². The molecule has 0 radical (unpaired) electrons. The molecule has 0 aliphatic rings. The maximum Gasteiger partial charge on any atom is 0.133 e. The zero-order valence-corrected chi connectivity index (χ0v) is 12.7. The number of aromatic nitrogens is 1. The van der Waals surface area contributed by atoms with Crippen LogP contribution in [-0.4, -0.2) is 28.5 Å². The molecule has 0 atom stereocenters. The molecule has 21 heavy (non-hydrogen) atoms. The second-order valence-corrected chi connectivity index (χ2v) is 5.46. The van der Waals surface area contributed by atoms with E-state index < -0.39 is 0 Å². The van der Waals surface area contributed by atoms with Crippen LogP contribution in [0.2, 0.25) is 0 Å². The Morgan fingerprint density at radius 1 is 1.24 bits per heavy atom. The van der Waals surface area contributed by atoms with Crippen LogP contribution in [0.15, 0.2) is 42.7 Å². The van der Waals surface area contributed by atoms with E-state index in [1.54, 1.807) is 24.5 Å². The first-order chi connectivity index (χ1) is 10.1. The minimum atomic E-state index is -0.370. The maximum atomic E-state index is 13.5. The smallest absolute Gasteiger partial charge is 0.133 e. The third-order valence-electron chi connectivity index (χ3n) is 3.28. The van der Waals surface area contributed by atoms with Gasteiger partial charge in [0, 0.05) is 31.0 Å². The van der Waals surface area contributed by atoms with Gasteiger partial charge in [-0.25, -0.2) is 4.39 Å². The molecule has 0 bridgehead atoms. The molecule has 0 fully saturated rings. The number of thiocarbonyl (C=S) groups is 1. The zero-order chi connectivity index (χ0) is 15.2. The van der Waals surface area contributed by atoms with Crippen molar-refractivity contribution < 1.29 is 4.39 Å². The van der Waals surface area contributed by atoms with Gasteiger partial charge in [-0.1, -0.05) is 18.3 Å². The first-order valence-corrected chi connectivity index (χ1v) is 7.13. The molecule has 0 aliphatic heterocycles. The Hall–Kier alpha value is -1.85. The van der Waals surface area contributed by atoms with Gasteiger partial charge >= 0.3 is 0 Å². The van der Waals surface area contributed by atoms with E-state index >= 15 is 0 Å². The second kappa shape index (κ2) is 7.24. The molecule has 0 amide bonds. The predicted octanol–water partition coefficient (Wildman–Crippen LogP) is 2.53. The van der Waals surface area contributed by atoms with Crippen molar-refractivity contribution in [3.05, 3.63) is 65.2 Å². The van der Waals surface area contributed by atoms with Crippen LogP contribution < -0.4 is 5.73 Å². The third kappa shape index (κ3) is 4.58. The van der Waals surface area contributed by atoms with E-state index in [-0.39, 0.29) is 10.8 Å². The van der Waals surface area contributed by atoms with Crippen molar-refractivity contribution in [3.8, 4) is 0 Å². The third-order valence-corrected chi connectivity index (χ3v) is 3.50. The van der Waals surface area contributed by atoms with Gasteiger partial charge in [-0.05, 0) is 48.9 Å². The zero-order valence-electron chi connectivity index (χ0n) is 11.9. The van der Waals surface area contributed by atoms with Crippen LogP contribution in [0, 0.1) is 5.82 Å². The van der Waals surface area contributed by atoms with E-state index in [1.165, 1.54) is 11.6 Å². The van der Waals surface area contributed by atoms with E-state index in [0.29, 0.717) is 5.56 Å². The summed E-state index contributed by atoms with van der Waals surface area (Å²) in [5.74, 6) is -0.370. The van der Waals surface area contributed by atoms with Gasteiger partial charge in [-0.15, -0.1) is 0 Å². The number of benzene rings is 1. The van der Waals surface area contributed by atoms with Crippen molar-refractivity contribution in [2.75, 3.05) is 13.6 Å². The number of pyridine rings is 1. The fraction of sp³-hybridized carbons (Fsp3) is 0.250. The molecule has 0 spiro atoms. The lowest BCUT2D eigenvalue weighted by molar-refractivity contribution is 0.331. The van der Waals surface area contributed by atoms with Crippen molar-refractivity contribution >= 4 is 17.2 Å². The fourth-order valence-electron chi connectivity index (χ4n) is 2.12. The van der Waals surface area contributed by atoms with Gasteiger partial charge in [-0.2, -0.15) is 0 Å². The molecule has 0 aliphatic carbocycles. The standard InChI is InChI=1S/C16H18FN3S/c1-20(9-6-12-4-7-19-8-5-12)11-13-2-3-15(17)14(10-13)16(18)21/h2-5,7-8,10H,6,9,11H2,1H3,(H2,18,21). The van der Waals surface area contributed by atoms with E-state index in [2.05, 4.69) is 9.88 Å². The van der Waals surface area contributed by atoms with Crippen molar-refractivity contribution in [1.82, 2.24) is 9.88 Å². The summed E-state index contributed by atoms with van der Waals surface area (Å²) in [4.78, 5) is 6.27. The Morgan fingerprint density at radius 3 is 2.62 bits per heavy atom. The van der Waals surface area contributed by atoms with Gasteiger partial charge < -0.3 is 10.6 Å². The van der Waals surface area contributed by atoms with Crippen molar-refractivity contribution in [3.63, 3.8) is 0 Å². The molecule has 0 unspecified atom stereocenters. The highest BCUT2D eigenvalue weighted by Crippen LogP contribution is 2.12. The molecular formula is C16H18FN3S. The average Bonchev–Trinajstić information content (AvgIpc) is 2.48. The average molecular weight is 303 g/mol. The van der Waals surface area contributed by atoms with Crippen LogP contribution in [0.5, 0.6) is 0 Å². The van der Waals surface area contributed by atoms with Crippen molar-refractivity contribution in [2.45, 2.75) is 13.0 Å². The van der Waals surface area contributed by atoms with E-state index in [0.717, 1.165) is 25.1 Å². The summed E-state index contributed by atoms with van der Waals surface area (Å²) in [5, 5.41) is 0. The lowest BCUT2D eigenvalue weighted by Gasteiger charge is -2.17. The van der Waals surface area contributed by atoms with Crippen LogP contribution >= 0.6 is 12.2 Å². The molecular weight excluding hydrogens is 285 g/mol. The highest BCUT2D eigenvalue weighted by molar-refractivity contribution is 7.80. The molecule has 110 valence electrons. The summed E-state index contributed by atoms with van der Waals surface area (Å²) in [6, 6.07) is 8.93. The number of nitrogens with zero attached hydrogens (tertiary/aromatic N) is 2. The molecule has 2 aromatic rings. The van der Waals surface area contributed by atoms with E-state index in [1.807, 2.05) is 19.2 Å². The highest BCUT2D eigenvalue weighted by Gasteiger charge is 2.08. The van der Waals surface area contributed by atoms with Gasteiger partial charge in [0.05, 0.1) is 0 Å². The fourth-order valence-corrected chi connectivity index (χ4v) is 2.28. The minimum absolute atomic E-state index is 0.0915. The number of halogens is 1. The number of nitrogens with two attached hydrogens (primary N) is 1. The molecule has 5 heteroatoms. The Kier molecular flexibility index (Phi) is 5.36. The monoisotopic (exact) mass is 303 g/mol. The molecule has 1 aromatic heterocycles. The maximum absolute atomic E-state index is 13.5. The normalized spacial score (nSPS) is 10.8. The van der Waals surface area contributed by atoms with Crippen LogP contribution in [0.25, 0.3) is 0 Å². The molecule has 2 rings (SSSR count). The summed E-state index contributed by atoms with van der Waals surface area (Å²) in [6.45, 7) is 1.63. The van der Waals surface area contributed by atoms with Gasteiger partial charge in [0.2, 0.25) is 0 Å². The Balaban J connectivity index is 1.95. The van der Waals surface area contributed by atoms with Crippen molar-refractivity contribution in [1.29, 1.82) is 0 Å². The van der Waals surface area contributed by atoms with Crippen LogP contribution in [0.4, 0.5) is 4.39 Å². The van der Waals surface area contributed by atoms with Crippen LogP contribution in [0.3, 0.4) is 0 Å². The largest absolute Gasteiger partial charge is 0.389 e. The highest BCUT2D eigenvalue weighted by atomic mass is 32.1. The summed E-state index contributed by atoms with van der Waals surface area (Å²) < 4.78 is 13.5. The van der Waals surface area contributed by atoms with Gasteiger partial charge in [0.25, 0.3) is 0 Å². The van der Waals surface area contributed by atoms with Crippen LogP contribution in [-0.2, 0) is 13.0 Å². The number of rotatable bonds is 6. The van der Waals surface area contributed by atoms with Gasteiger partial charge in [0.1, 0.15) is 10.8 Å². The number of hydrogen-bond acceptors (Lipinski definition) is 3. The molecule has 2 N–H and O–H groups in total. The summed E-state index contributed by atoms with van der Waals surface area (Å²) >= 11 is 4.86. The van der Waals surface area contributed by atoms with Crippen LogP contribution in [0.1, 0.15) is 16.7 Å². The molecule has 3 nitrogen and oxygen atoms in total. The molecule has 1 heterocycles. The second-order valence-electron chi connectivity index (χ2n) is 5.02. The minimum Gasteiger partial charge on any atom is -0.389 e. The van der Waals surface area contributed by atoms with E-state index in [9.17, 15) is 4.39 Å². The number of hydrogen-bond donors (Lipinski definition) is 1. The molecule has 1 aromatic carbocycles. The van der Waals surface area contributed by atoms with Gasteiger partial charge in [-0.3, -0.25) is 4.98 Å². The summed E-state index contributed by atoms with van der Waals surface area (Å²) in [5.41, 5.74) is 8.08. The Morgan fingerprint density at radius 2 is 1.95 bits per heavy atom. The lowest BCUT2D eigenvalue weighted by atomic mass is 10.1. The first-order valence-electron chi connectivity index (χ1n) is 6.72.